The molecule has 2 rings (SSSR count). The molecule has 0 saturated heterocycles. The predicted molar refractivity (Wildman–Crippen MR) is 129 cm³/mol. The number of nitrogens with zero attached hydrogens (tertiary/aromatic N) is 1. The molecule has 0 aliphatic carbocycles. The van der Waals surface area contributed by atoms with Crippen molar-refractivity contribution in [2.24, 2.45) is 5.73 Å². The van der Waals surface area contributed by atoms with Gasteiger partial charge in [-0.1, -0.05) is 89.6 Å². The standard InChI is InChI=1S/C25H36N2O4S/c1-18-15-21(24(2,3)4)20(22(16-18)25(5,6)7)17-27(32(29,30)31-23(26)28)14-13-19-11-9-8-10-12-19/h8-12,15-16H,13-14,17H2,1-7H3,(H2,26,28). The average Bonchev–Trinajstić information content (AvgIpc) is 2.63. The minimum absolute atomic E-state index is 0.0853. The van der Waals surface area contributed by atoms with Gasteiger partial charge in [0, 0.05) is 13.1 Å². The van der Waals surface area contributed by atoms with Crippen molar-refractivity contribution in [1.82, 2.24) is 4.31 Å². The topological polar surface area (TPSA) is 89.7 Å². The maximum absolute atomic E-state index is 13.0. The third-order valence-electron chi connectivity index (χ3n) is 5.34. The number of carbonyl (C=O) groups excluding carboxylic acids is 1. The number of nitrogens with two attached hydrogens (primary N) is 1. The van der Waals surface area contributed by atoms with E-state index in [1.54, 1.807) is 0 Å². The Balaban J connectivity index is 2.59. The van der Waals surface area contributed by atoms with Crippen LogP contribution in [-0.4, -0.2) is 25.4 Å². The summed E-state index contributed by atoms with van der Waals surface area (Å²) in [6.07, 6.45) is -0.866. The minimum Gasteiger partial charge on any atom is -0.334 e. The predicted octanol–water partition coefficient (Wildman–Crippen LogP) is 4.97. The van der Waals surface area contributed by atoms with Crippen molar-refractivity contribution >= 4 is 16.4 Å². The Morgan fingerprint density at radius 3 is 1.91 bits per heavy atom. The van der Waals surface area contributed by atoms with Gasteiger partial charge in [-0.15, -0.1) is 0 Å². The first-order chi connectivity index (χ1) is 14.6. The fourth-order valence-electron chi connectivity index (χ4n) is 3.83. The Bertz CT molecular complexity index is 1010. The fraction of sp³-hybridized carbons (Fsp3) is 0.480. The zero-order valence-corrected chi connectivity index (χ0v) is 21.0. The summed E-state index contributed by atoms with van der Waals surface area (Å²) in [5.41, 5.74) is 9.84. The van der Waals surface area contributed by atoms with Crippen LogP contribution in [0.5, 0.6) is 0 Å². The highest BCUT2D eigenvalue weighted by atomic mass is 32.2. The maximum Gasteiger partial charge on any atom is 0.421 e. The molecule has 176 valence electrons. The van der Waals surface area contributed by atoms with Gasteiger partial charge < -0.3 is 9.92 Å². The van der Waals surface area contributed by atoms with Crippen molar-refractivity contribution in [2.75, 3.05) is 6.54 Å². The SMILES string of the molecule is Cc1cc(C(C)(C)C)c(CN(CCc2ccccc2)S(=O)(=O)OC(N)=O)c(C(C)(C)C)c1. The van der Waals surface area contributed by atoms with Crippen LogP contribution in [0.15, 0.2) is 42.5 Å². The molecule has 2 aromatic carbocycles. The van der Waals surface area contributed by atoms with Crippen LogP contribution >= 0.6 is 0 Å². The van der Waals surface area contributed by atoms with E-state index in [4.69, 9.17) is 5.73 Å². The summed E-state index contributed by atoms with van der Waals surface area (Å²) in [6, 6.07) is 13.8. The summed E-state index contributed by atoms with van der Waals surface area (Å²) in [6.45, 7) is 15.0. The Labute approximate surface area is 193 Å². The number of primary amides is 1. The molecule has 0 bridgehead atoms. The van der Waals surface area contributed by atoms with Gasteiger partial charge in [0.1, 0.15) is 0 Å². The lowest BCUT2D eigenvalue weighted by atomic mass is 9.75. The summed E-state index contributed by atoms with van der Waals surface area (Å²) >= 11 is 0. The summed E-state index contributed by atoms with van der Waals surface area (Å²) in [7, 11) is -4.37. The fourth-order valence-corrected chi connectivity index (χ4v) is 4.74. The molecule has 7 heteroatoms. The Hall–Kier alpha value is -2.38. The van der Waals surface area contributed by atoms with E-state index in [-0.39, 0.29) is 23.9 Å². The second-order valence-electron chi connectivity index (χ2n) is 10.3. The Morgan fingerprint density at radius 2 is 1.47 bits per heavy atom. The monoisotopic (exact) mass is 460 g/mol. The van der Waals surface area contributed by atoms with Gasteiger partial charge in [-0.3, -0.25) is 0 Å². The molecule has 2 aromatic rings. The third-order valence-corrected chi connectivity index (χ3v) is 6.66. The van der Waals surface area contributed by atoms with Crippen molar-refractivity contribution in [3.05, 3.63) is 70.3 Å². The minimum atomic E-state index is -4.37. The molecule has 0 fully saturated rings. The normalized spacial score (nSPS) is 12.8. The molecular formula is C25H36N2O4S. The molecule has 1 amide bonds. The molecule has 32 heavy (non-hydrogen) atoms. The van der Waals surface area contributed by atoms with E-state index in [0.29, 0.717) is 6.42 Å². The number of rotatable bonds is 7. The van der Waals surface area contributed by atoms with Crippen molar-refractivity contribution in [1.29, 1.82) is 0 Å². The number of carbonyl (C=O) groups is 1. The second-order valence-corrected chi connectivity index (χ2v) is 11.8. The lowest BCUT2D eigenvalue weighted by molar-refractivity contribution is 0.205. The van der Waals surface area contributed by atoms with E-state index in [1.807, 2.05) is 37.3 Å². The number of aryl methyl sites for hydroxylation is 1. The highest BCUT2D eigenvalue weighted by Gasteiger charge is 2.32. The molecule has 0 heterocycles. The lowest BCUT2D eigenvalue weighted by Gasteiger charge is -2.33. The Kier molecular flexibility index (Phi) is 7.79. The molecule has 0 aromatic heterocycles. The Morgan fingerprint density at radius 1 is 0.969 bits per heavy atom. The van der Waals surface area contributed by atoms with E-state index >= 15 is 0 Å². The van der Waals surface area contributed by atoms with E-state index in [1.165, 1.54) is 4.31 Å². The van der Waals surface area contributed by atoms with Crippen LogP contribution < -0.4 is 5.73 Å². The smallest absolute Gasteiger partial charge is 0.334 e. The number of benzene rings is 2. The molecule has 2 N–H and O–H groups in total. The van der Waals surface area contributed by atoms with Crippen LogP contribution in [0.25, 0.3) is 0 Å². The number of amides is 1. The second kappa shape index (κ2) is 9.63. The van der Waals surface area contributed by atoms with Crippen molar-refractivity contribution in [2.45, 2.75) is 72.3 Å². The molecule has 0 aliphatic rings. The quantitative estimate of drug-likeness (QED) is 0.631. The van der Waals surface area contributed by atoms with Crippen LogP contribution in [0.2, 0.25) is 0 Å². The molecule has 0 spiro atoms. The van der Waals surface area contributed by atoms with E-state index in [2.05, 4.69) is 57.9 Å². The van der Waals surface area contributed by atoms with Crippen LogP contribution in [0.3, 0.4) is 0 Å². The van der Waals surface area contributed by atoms with Gasteiger partial charge in [0.25, 0.3) is 0 Å². The van der Waals surface area contributed by atoms with Crippen molar-refractivity contribution in [3.8, 4) is 0 Å². The van der Waals surface area contributed by atoms with Gasteiger partial charge in [-0.2, -0.15) is 12.7 Å². The molecule has 0 saturated carbocycles. The third kappa shape index (κ3) is 6.81. The van der Waals surface area contributed by atoms with Crippen molar-refractivity contribution in [3.63, 3.8) is 0 Å². The maximum atomic E-state index is 13.0. The molecule has 0 unspecified atom stereocenters. The van der Waals surface area contributed by atoms with Crippen molar-refractivity contribution < 1.29 is 17.4 Å². The molecule has 0 atom stereocenters. The highest BCUT2D eigenvalue weighted by Crippen LogP contribution is 2.36. The van der Waals surface area contributed by atoms with Crippen LogP contribution in [0, 0.1) is 6.92 Å². The molecule has 0 aliphatic heterocycles. The first-order valence-corrected chi connectivity index (χ1v) is 12.1. The molecule has 0 radical (unpaired) electrons. The van der Waals surface area contributed by atoms with Gasteiger partial charge in [-0.25, -0.2) is 4.79 Å². The van der Waals surface area contributed by atoms with E-state index in [0.717, 1.165) is 27.8 Å². The van der Waals surface area contributed by atoms with Crippen LogP contribution in [0.4, 0.5) is 4.79 Å². The summed E-state index contributed by atoms with van der Waals surface area (Å²) in [5, 5.41) is 0. The van der Waals surface area contributed by atoms with Crippen LogP contribution in [-0.2, 0) is 38.3 Å². The van der Waals surface area contributed by atoms with Gasteiger partial charge in [-0.05, 0) is 46.4 Å². The zero-order chi connectivity index (χ0) is 24.3. The van der Waals surface area contributed by atoms with E-state index in [9.17, 15) is 13.2 Å². The first-order valence-electron chi connectivity index (χ1n) is 10.8. The summed E-state index contributed by atoms with van der Waals surface area (Å²) in [4.78, 5) is 11.3. The van der Waals surface area contributed by atoms with Crippen LogP contribution in [0.1, 0.15) is 69.4 Å². The molecular weight excluding hydrogens is 424 g/mol. The molecule has 6 nitrogen and oxygen atoms in total. The van der Waals surface area contributed by atoms with E-state index < -0.39 is 16.4 Å². The average molecular weight is 461 g/mol. The largest absolute Gasteiger partial charge is 0.421 e. The van der Waals surface area contributed by atoms with Gasteiger partial charge in [0.2, 0.25) is 0 Å². The van der Waals surface area contributed by atoms with Gasteiger partial charge in [0.15, 0.2) is 0 Å². The first kappa shape index (κ1) is 25.9. The number of hydrogen-bond donors (Lipinski definition) is 1. The highest BCUT2D eigenvalue weighted by molar-refractivity contribution is 7.84. The zero-order valence-electron chi connectivity index (χ0n) is 20.2. The van der Waals surface area contributed by atoms with Gasteiger partial charge in [0.05, 0.1) is 0 Å². The summed E-state index contributed by atoms with van der Waals surface area (Å²) < 4.78 is 31.7. The number of hydrogen-bond acceptors (Lipinski definition) is 4. The van der Waals surface area contributed by atoms with Gasteiger partial charge >= 0.3 is 16.4 Å². The lowest BCUT2D eigenvalue weighted by Crippen LogP contribution is -2.38. The summed E-state index contributed by atoms with van der Waals surface area (Å²) in [5.74, 6) is 0.